The van der Waals surface area contributed by atoms with E-state index in [1.54, 1.807) is 0 Å². The highest BCUT2D eigenvalue weighted by molar-refractivity contribution is 5.98. The summed E-state index contributed by atoms with van der Waals surface area (Å²) in [6.07, 6.45) is 7.31. The van der Waals surface area contributed by atoms with Gasteiger partial charge in [0.25, 0.3) is 5.91 Å². The van der Waals surface area contributed by atoms with Crippen LogP contribution in [-0.4, -0.2) is 84.6 Å². The Labute approximate surface area is 202 Å². The summed E-state index contributed by atoms with van der Waals surface area (Å²) in [5.41, 5.74) is 2.65. The average Bonchev–Trinajstić information content (AvgIpc) is 3.77. The number of carbonyl (C=O) groups excluding carboxylic acids is 2. The molecule has 4 fully saturated rings. The normalized spacial score (nSPS) is 25.3. The number of anilines is 1. The van der Waals surface area contributed by atoms with Gasteiger partial charge in [0.1, 0.15) is 0 Å². The maximum Gasteiger partial charge on any atom is 0.274 e. The van der Waals surface area contributed by atoms with Crippen molar-refractivity contribution in [3.05, 3.63) is 23.5 Å². The van der Waals surface area contributed by atoms with Crippen LogP contribution in [0.2, 0.25) is 0 Å². The number of rotatable bonds is 8. The average molecular weight is 470 g/mol. The lowest BCUT2D eigenvalue weighted by atomic mass is 9.92. The summed E-state index contributed by atoms with van der Waals surface area (Å²) >= 11 is 0. The first-order valence-electron chi connectivity index (χ1n) is 13.1. The zero-order valence-corrected chi connectivity index (χ0v) is 20.6. The molecule has 1 aromatic rings. The molecule has 34 heavy (non-hydrogen) atoms. The lowest BCUT2D eigenvalue weighted by Crippen LogP contribution is -2.56. The highest BCUT2D eigenvalue weighted by atomic mass is 16.5. The summed E-state index contributed by atoms with van der Waals surface area (Å²) in [6, 6.07) is 2.58. The number of nitrogens with one attached hydrogen (secondary N) is 2. The van der Waals surface area contributed by atoms with E-state index in [1.807, 2.05) is 16.0 Å². The molecule has 0 radical (unpaired) electrons. The van der Waals surface area contributed by atoms with E-state index in [9.17, 15) is 9.59 Å². The van der Waals surface area contributed by atoms with E-state index < -0.39 is 0 Å². The molecule has 5 rings (SSSR count). The van der Waals surface area contributed by atoms with Crippen molar-refractivity contribution < 1.29 is 14.3 Å². The molecule has 1 aromatic heterocycles. The molecule has 3 heterocycles. The molecule has 4 aliphatic rings. The highest BCUT2D eigenvalue weighted by Crippen LogP contribution is 2.41. The fourth-order valence-electron chi connectivity index (χ4n) is 5.16. The predicted molar refractivity (Wildman–Crippen MR) is 131 cm³/mol. The van der Waals surface area contributed by atoms with E-state index in [0.29, 0.717) is 75.9 Å². The van der Waals surface area contributed by atoms with Gasteiger partial charge in [-0.2, -0.15) is 0 Å². The van der Waals surface area contributed by atoms with Crippen LogP contribution in [0.1, 0.15) is 67.9 Å². The van der Waals surface area contributed by atoms with Crippen LogP contribution in [0, 0.1) is 11.8 Å². The van der Waals surface area contributed by atoms with Gasteiger partial charge in [-0.3, -0.25) is 9.59 Å². The minimum Gasteiger partial charge on any atom is -0.380 e. The maximum atomic E-state index is 14.0. The molecule has 186 valence electrons. The van der Waals surface area contributed by atoms with Crippen molar-refractivity contribution in [1.29, 1.82) is 0 Å². The third-order valence-electron chi connectivity index (χ3n) is 7.36. The number of nitrogens with zero attached hydrogens (tertiary/aromatic N) is 3. The first-order valence-corrected chi connectivity index (χ1v) is 13.1. The molecule has 0 unspecified atom stereocenters. The van der Waals surface area contributed by atoms with Gasteiger partial charge in [-0.25, -0.2) is 4.98 Å². The Morgan fingerprint density at radius 3 is 2.65 bits per heavy atom. The Kier molecular flexibility index (Phi) is 7.06. The van der Waals surface area contributed by atoms with Crippen molar-refractivity contribution in [3.8, 4) is 0 Å². The summed E-state index contributed by atoms with van der Waals surface area (Å²) in [4.78, 5) is 35.7. The Bertz CT molecular complexity index is 892. The monoisotopic (exact) mass is 469 g/mol. The van der Waals surface area contributed by atoms with Gasteiger partial charge in [0.15, 0.2) is 5.69 Å². The fourth-order valence-corrected chi connectivity index (χ4v) is 5.16. The molecule has 0 bridgehead atoms. The van der Waals surface area contributed by atoms with E-state index in [-0.39, 0.29) is 23.8 Å². The van der Waals surface area contributed by atoms with Crippen molar-refractivity contribution in [2.45, 2.75) is 64.0 Å². The smallest absolute Gasteiger partial charge is 0.274 e. The molecule has 0 aromatic carbocycles. The Hall–Kier alpha value is -2.19. The van der Waals surface area contributed by atoms with Crippen LogP contribution in [0.5, 0.6) is 0 Å². The second kappa shape index (κ2) is 10.2. The van der Waals surface area contributed by atoms with Gasteiger partial charge in [0, 0.05) is 51.0 Å². The largest absolute Gasteiger partial charge is 0.380 e. The third-order valence-corrected chi connectivity index (χ3v) is 7.36. The lowest BCUT2D eigenvalue weighted by Gasteiger charge is -2.40. The number of piperidine rings is 1. The Balaban J connectivity index is 1.35. The summed E-state index contributed by atoms with van der Waals surface area (Å²) in [6.45, 7) is 8.82. The van der Waals surface area contributed by atoms with E-state index in [4.69, 9.17) is 9.72 Å². The number of hydrogen-bond acceptors (Lipinski definition) is 6. The van der Waals surface area contributed by atoms with Crippen molar-refractivity contribution in [1.82, 2.24) is 20.1 Å². The topological polar surface area (TPSA) is 86.8 Å². The van der Waals surface area contributed by atoms with Gasteiger partial charge in [0.2, 0.25) is 5.91 Å². The zero-order valence-electron chi connectivity index (χ0n) is 20.6. The quantitative estimate of drug-likeness (QED) is 0.608. The number of ether oxygens (including phenoxy) is 1. The van der Waals surface area contributed by atoms with Crippen LogP contribution in [0.25, 0.3) is 0 Å². The van der Waals surface area contributed by atoms with Gasteiger partial charge in [0.05, 0.1) is 24.8 Å². The van der Waals surface area contributed by atoms with Crippen molar-refractivity contribution in [3.63, 3.8) is 0 Å². The van der Waals surface area contributed by atoms with Crippen LogP contribution in [0.4, 0.5) is 5.69 Å². The summed E-state index contributed by atoms with van der Waals surface area (Å²) < 4.78 is 5.42. The molecule has 2 aliphatic carbocycles. The predicted octanol–water partition coefficient (Wildman–Crippen LogP) is 2.47. The van der Waals surface area contributed by atoms with Gasteiger partial charge in [-0.1, -0.05) is 13.8 Å². The third kappa shape index (κ3) is 5.54. The number of aromatic nitrogens is 1. The summed E-state index contributed by atoms with van der Waals surface area (Å²) in [5, 5.41) is 7.02. The van der Waals surface area contributed by atoms with Crippen LogP contribution in [0.3, 0.4) is 0 Å². The van der Waals surface area contributed by atoms with E-state index >= 15 is 0 Å². The van der Waals surface area contributed by atoms with Crippen LogP contribution in [0.15, 0.2) is 12.3 Å². The van der Waals surface area contributed by atoms with Crippen LogP contribution >= 0.6 is 0 Å². The standard InChI is InChI=1S/C26H39N5O3/c1-17(2)16-31(22-11-20(13-27-15-22)25(32)30-7-9-34-10-8-30)26(33)24-23(29-21-5-6-21)12-19(14-28-24)18-3-4-18/h12,14,17-18,20-22,27,29H,3-11,13,15-16H2,1-2H3/t20-,22+/m1/s1. The number of hydrogen-bond donors (Lipinski definition) is 2. The highest BCUT2D eigenvalue weighted by Gasteiger charge is 2.37. The second-order valence-electron chi connectivity index (χ2n) is 10.9. The van der Waals surface area contributed by atoms with Crippen LogP contribution < -0.4 is 10.6 Å². The molecule has 2 aliphatic heterocycles. The van der Waals surface area contributed by atoms with Gasteiger partial charge >= 0.3 is 0 Å². The van der Waals surface area contributed by atoms with E-state index in [0.717, 1.165) is 18.5 Å². The molecule has 2 saturated heterocycles. The molecule has 8 heteroatoms. The summed E-state index contributed by atoms with van der Waals surface area (Å²) in [7, 11) is 0. The van der Waals surface area contributed by atoms with Crippen molar-refractivity contribution in [2.75, 3.05) is 51.3 Å². The molecular formula is C26H39N5O3. The van der Waals surface area contributed by atoms with Gasteiger partial charge < -0.3 is 25.2 Å². The molecule has 2 saturated carbocycles. The fraction of sp³-hybridized carbons (Fsp3) is 0.731. The SMILES string of the molecule is CC(C)CN(C(=O)c1ncc(C2CC2)cc1NC1CC1)[C@@H]1CNC[C@H](C(=O)N2CCOCC2)C1. The van der Waals surface area contributed by atoms with Gasteiger partial charge in [-0.05, 0) is 55.6 Å². The Morgan fingerprint density at radius 2 is 1.97 bits per heavy atom. The first-order chi connectivity index (χ1) is 16.5. The number of morpholine rings is 1. The number of pyridine rings is 1. The molecule has 8 nitrogen and oxygen atoms in total. The van der Waals surface area contributed by atoms with Crippen molar-refractivity contribution in [2.24, 2.45) is 11.8 Å². The van der Waals surface area contributed by atoms with Crippen LogP contribution in [-0.2, 0) is 9.53 Å². The number of carbonyl (C=O) groups is 2. The minimum absolute atomic E-state index is 0.0227. The molecule has 2 atom stereocenters. The lowest BCUT2D eigenvalue weighted by molar-refractivity contribution is -0.140. The number of amides is 2. The zero-order chi connectivity index (χ0) is 23.7. The Morgan fingerprint density at radius 1 is 1.21 bits per heavy atom. The van der Waals surface area contributed by atoms with E-state index in [2.05, 4.69) is 30.5 Å². The summed E-state index contributed by atoms with van der Waals surface area (Å²) in [5.74, 6) is 0.960. The van der Waals surface area contributed by atoms with E-state index in [1.165, 1.54) is 18.4 Å². The first kappa shape index (κ1) is 23.5. The molecule has 2 amide bonds. The molecule has 2 N–H and O–H groups in total. The van der Waals surface area contributed by atoms with Gasteiger partial charge in [-0.15, -0.1) is 0 Å². The maximum absolute atomic E-state index is 14.0. The minimum atomic E-state index is -0.117. The molecule has 0 spiro atoms. The molecular weight excluding hydrogens is 430 g/mol. The second-order valence-corrected chi connectivity index (χ2v) is 10.9. The van der Waals surface area contributed by atoms with Crippen molar-refractivity contribution >= 4 is 17.5 Å².